The van der Waals surface area contributed by atoms with Crippen LogP contribution in [0.3, 0.4) is 0 Å². The molecule has 4 rings (SSSR count). The fraction of sp³-hybridized carbons (Fsp3) is 0.143. The third-order valence-corrected chi connectivity index (χ3v) is 4.54. The van der Waals surface area contributed by atoms with Gasteiger partial charge in [0.1, 0.15) is 11.5 Å². The first-order chi connectivity index (χ1) is 16.2. The van der Waals surface area contributed by atoms with Gasteiger partial charge in [-0.1, -0.05) is 23.8 Å². The monoisotopic (exact) mass is 498 g/mol. The van der Waals surface area contributed by atoms with E-state index in [0.717, 1.165) is 12.2 Å². The maximum absolute atomic E-state index is 12.1. The Kier molecular flexibility index (Phi) is 12.0. The Morgan fingerprint density at radius 1 is 0.706 bits per heavy atom. The molecule has 0 saturated heterocycles. The Morgan fingerprint density at radius 3 is 1.91 bits per heavy atom. The predicted octanol–water partition coefficient (Wildman–Crippen LogP) is 6.04. The quantitative estimate of drug-likeness (QED) is 0.0926. The Balaban J connectivity index is 0.000000603. The molecule has 0 N–H and O–H groups in total. The van der Waals surface area contributed by atoms with Crippen LogP contribution in [-0.4, -0.2) is 25.2 Å². The third-order valence-electron chi connectivity index (χ3n) is 4.54. The van der Waals surface area contributed by atoms with Crippen LogP contribution in [0.25, 0.3) is 0 Å². The van der Waals surface area contributed by atoms with E-state index in [-0.39, 0.29) is 17.1 Å². The van der Waals surface area contributed by atoms with Gasteiger partial charge in [0.05, 0.1) is 18.8 Å². The number of esters is 2. The van der Waals surface area contributed by atoms with Gasteiger partial charge in [-0.3, -0.25) is 4.79 Å². The van der Waals surface area contributed by atoms with E-state index in [1.807, 2.05) is 60.7 Å². The van der Waals surface area contributed by atoms with Gasteiger partial charge in [0.15, 0.2) is 0 Å². The van der Waals surface area contributed by atoms with E-state index >= 15 is 0 Å². The summed E-state index contributed by atoms with van der Waals surface area (Å²) in [7, 11) is 0. The van der Waals surface area contributed by atoms with Crippen LogP contribution in [0, 0.1) is 0 Å². The van der Waals surface area contributed by atoms with Crippen LogP contribution in [0.4, 0.5) is 0 Å². The average molecular weight is 498 g/mol. The summed E-state index contributed by atoms with van der Waals surface area (Å²) in [5.74, 6) is 0.371. The largest absolute Gasteiger partial charge is 0.748 e. The van der Waals surface area contributed by atoms with Gasteiger partial charge in [-0.2, -0.15) is 12.1 Å². The standard InChI is InChI=1S/C23H21O5.C5H5.Fe/c24-22(27-17-7-6-16-26-20-10-2-1-3-11-20)19-12-14-21(15-13-19)28-23(25)18-8-4-5-9-18;1-2-4-5-3-1;/h1-5,8-15H,6-7,16-17H2;1-5H;/q-1;-5;. The van der Waals surface area contributed by atoms with Crippen LogP contribution in [0.1, 0.15) is 33.6 Å². The van der Waals surface area contributed by atoms with Crippen molar-refractivity contribution >= 4 is 11.9 Å². The summed E-state index contributed by atoms with van der Waals surface area (Å²) >= 11 is 0. The summed E-state index contributed by atoms with van der Waals surface area (Å²) in [6.07, 6.45) is 1.51. The molecular weight excluding hydrogens is 472 g/mol. The smallest absolute Gasteiger partial charge is 0.338 e. The van der Waals surface area contributed by atoms with Gasteiger partial charge >= 0.3 is 5.97 Å². The van der Waals surface area contributed by atoms with Crippen LogP contribution in [0.5, 0.6) is 11.5 Å². The second kappa shape index (κ2) is 15.3. The molecule has 182 valence electrons. The molecule has 5 nitrogen and oxygen atoms in total. The second-order valence-corrected chi connectivity index (χ2v) is 7.05. The van der Waals surface area contributed by atoms with E-state index in [1.165, 1.54) is 0 Å². The van der Waals surface area contributed by atoms with E-state index in [0.29, 0.717) is 36.5 Å². The summed E-state index contributed by atoms with van der Waals surface area (Å²) in [5.41, 5.74) is 0.897. The SMILES string of the molecule is O=C(OCCCCOc1ccccc1)c1ccc(OC(=O)[c-]2cccc2)cc1.[Fe].[cH-]1[cH-][cH-][cH-][cH-]1. The molecule has 6 heteroatoms. The molecule has 0 spiro atoms. The van der Waals surface area contributed by atoms with Crippen molar-refractivity contribution in [2.45, 2.75) is 12.8 Å². The molecule has 0 bridgehead atoms. The molecule has 0 saturated carbocycles. The molecule has 0 aliphatic carbocycles. The molecule has 0 unspecified atom stereocenters. The molecule has 0 atom stereocenters. The maximum Gasteiger partial charge on any atom is 0.338 e. The van der Waals surface area contributed by atoms with Gasteiger partial charge < -0.3 is 44.5 Å². The molecule has 0 fully saturated rings. The zero-order valence-corrected chi connectivity index (χ0v) is 19.7. The van der Waals surface area contributed by atoms with Gasteiger partial charge in [0.2, 0.25) is 0 Å². The Morgan fingerprint density at radius 2 is 1.29 bits per heavy atom. The molecule has 0 heterocycles. The first kappa shape index (κ1) is 26.7. The number of ether oxygens (including phenoxy) is 3. The van der Waals surface area contributed by atoms with Crippen LogP contribution in [0.2, 0.25) is 0 Å². The van der Waals surface area contributed by atoms with E-state index in [4.69, 9.17) is 14.2 Å². The summed E-state index contributed by atoms with van der Waals surface area (Å²) < 4.78 is 16.1. The van der Waals surface area contributed by atoms with Crippen molar-refractivity contribution in [3.05, 3.63) is 120 Å². The normalized spacial score (nSPS) is 9.65. The van der Waals surface area contributed by atoms with Gasteiger partial charge in [0.25, 0.3) is 5.97 Å². The first-order valence-electron chi connectivity index (χ1n) is 10.8. The number of hydrogen-bond acceptors (Lipinski definition) is 5. The minimum atomic E-state index is -0.432. The number of rotatable bonds is 9. The molecular formula is C28H26FeO5-6. The van der Waals surface area contributed by atoms with Crippen molar-refractivity contribution in [1.29, 1.82) is 0 Å². The van der Waals surface area contributed by atoms with E-state index < -0.39 is 11.9 Å². The Hall–Kier alpha value is -3.60. The second-order valence-electron chi connectivity index (χ2n) is 7.05. The van der Waals surface area contributed by atoms with Gasteiger partial charge in [-0.15, -0.1) is 0 Å². The minimum Gasteiger partial charge on any atom is -0.748 e. The number of para-hydroxylation sites is 1. The predicted molar refractivity (Wildman–Crippen MR) is 127 cm³/mol. The van der Waals surface area contributed by atoms with Crippen LogP contribution in [0.15, 0.2) is 109 Å². The summed E-state index contributed by atoms with van der Waals surface area (Å²) in [4.78, 5) is 23.9. The summed E-state index contributed by atoms with van der Waals surface area (Å²) in [6, 6.07) is 32.8. The zero-order chi connectivity index (χ0) is 23.1. The fourth-order valence-electron chi connectivity index (χ4n) is 2.81. The molecule has 34 heavy (non-hydrogen) atoms. The van der Waals surface area contributed by atoms with Gasteiger partial charge in [-0.25, -0.2) is 16.9 Å². The van der Waals surface area contributed by atoms with Crippen molar-refractivity contribution < 1.29 is 40.9 Å². The van der Waals surface area contributed by atoms with E-state index in [1.54, 1.807) is 48.5 Å². The van der Waals surface area contributed by atoms with E-state index in [9.17, 15) is 9.59 Å². The van der Waals surface area contributed by atoms with Crippen molar-refractivity contribution in [3.8, 4) is 11.5 Å². The first-order valence-corrected chi connectivity index (χ1v) is 10.8. The molecule has 0 amide bonds. The summed E-state index contributed by atoms with van der Waals surface area (Å²) in [6.45, 7) is 0.899. The average Bonchev–Trinajstić information content (AvgIpc) is 3.60. The zero-order valence-electron chi connectivity index (χ0n) is 18.6. The minimum absolute atomic E-state index is 0. The summed E-state index contributed by atoms with van der Waals surface area (Å²) in [5, 5.41) is 0. The van der Waals surface area contributed by atoms with Gasteiger partial charge in [0, 0.05) is 17.1 Å². The van der Waals surface area contributed by atoms with Crippen molar-refractivity contribution in [2.24, 2.45) is 0 Å². The van der Waals surface area contributed by atoms with E-state index in [2.05, 4.69) is 0 Å². The molecule has 4 aromatic carbocycles. The molecule has 0 radical (unpaired) electrons. The molecule has 0 aliphatic rings. The third kappa shape index (κ3) is 9.49. The van der Waals surface area contributed by atoms with Crippen molar-refractivity contribution in [1.82, 2.24) is 0 Å². The number of hydrogen-bond donors (Lipinski definition) is 0. The maximum atomic E-state index is 12.1. The van der Waals surface area contributed by atoms with Crippen LogP contribution >= 0.6 is 0 Å². The van der Waals surface area contributed by atoms with Crippen LogP contribution in [-0.2, 0) is 21.8 Å². The molecule has 4 aromatic rings. The topological polar surface area (TPSA) is 61.8 Å². The van der Waals surface area contributed by atoms with Crippen molar-refractivity contribution in [2.75, 3.05) is 13.2 Å². The number of carbonyl (C=O) groups is 2. The van der Waals surface area contributed by atoms with Crippen molar-refractivity contribution in [3.63, 3.8) is 0 Å². The number of unbranched alkanes of at least 4 members (excludes halogenated alkanes) is 1. The number of carbonyl (C=O) groups excluding carboxylic acids is 2. The van der Waals surface area contributed by atoms with Gasteiger partial charge in [-0.05, 0) is 49.2 Å². The number of benzene rings is 2. The fourth-order valence-corrected chi connectivity index (χ4v) is 2.81. The van der Waals surface area contributed by atoms with Crippen LogP contribution < -0.4 is 9.47 Å². The molecule has 0 aromatic heterocycles. The Bertz CT molecular complexity index is 1040. The Labute approximate surface area is 210 Å². The molecule has 0 aliphatic heterocycles.